The number of likely N-dealkylation sites (tertiary alicyclic amines) is 1. The van der Waals surface area contributed by atoms with Crippen molar-refractivity contribution in [3.05, 3.63) is 46.8 Å². The average molecular weight is 437 g/mol. The van der Waals surface area contributed by atoms with Gasteiger partial charge in [-0.25, -0.2) is 0 Å². The molecule has 2 aromatic rings. The molecule has 7 nitrogen and oxygen atoms in total. The number of carbonyl (C=O) groups is 1. The highest BCUT2D eigenvalue weighted by Gasteiger charge is 2.32. The van der Waals surface area contributed by atoms with Gasteiger partial charge in [-0.15, -0.1) is 0 Å². The number of carbonyl (C=O) groups excluding carboxylic acids is 1. The normalized spacial score (nSPS) is 18.6. The first-order valence-corrected chi connectivity index (χ1v) is 12.0. The van der Waals surface area contributed by atoms with E-state index in [2.05, 4.69) is 53.3 Å². The van der Waals surface area contributed by atoms with Crippen LogP contribution in [0.5, 0.6) is 0 Å². The molecule has 1 fully saturated rings. The Morgan fingerprint density at radius 2 is 2.06 bits per heavy atom. The number of hydrogen-bond donors (Lipinski definition) is 1. The fourth-order valence-electron chi connectivity index (χ4n) is 5.25. The molecule has 1 saturated heterocycles. The molecule has 7 heteroatoms. The lowest BCUT2D eigenvalue weighted by Crippen LogP contribution is -2.41. The smallest absolute Gasteiger partial charge is 0.222 e. The van der Waals surface area contributed by atoms with Crippen LogP contribution in [0.15, 0.2) is 29.3 Å². The van der Waals surface area contributed by atoms with Crippen LogP contribution in [-0.4, -0.2) is 53.2 Å². The zero-order chi connectivity index (χ0) is 22.7. The van der Waals surface area contributed by atoms with Crippen LogP contribution in [0.3, 0.4) is 0 Å². The van der Waals surface area contributed by atoms with E-state index in [9.17, 15) is 4.79 Å². The Morgan fingerprint density at radius 3 is 2.75 bits per heavy atom. The number of hydrogen-bond acceptors (Lipinski definition) is 3. The number of amides is 1. The van der Waals surface area contributed by atoms with Crippen LogP contribution in [0.4, 0.5) is 5.69 Å². The van der Waals surface area contributed by atoms with Crippen molar-refractivity contribution in [3.63, 3.8) is 0 Å². The zero-order valence-electron chi connectivity index (χ0n) is 19.9. The maximum absolute atomic E-state index is 12.0. The van der Waals surface area contributed by atoms with Crippen molar-refractivity contribution in [3.8, 4) is 0 Å². The third-order valence-electron chi connectivity index (χ3n) is 6.91. The molecule has 3 heterocycles. The monoisotopic (exact) mass is 436 g/mol. The summed E-state index contributed by atoms with van der Waals surface area (Å²) in [5, 5.41) is 8.32. The summed E-state index contributed by atoms with van der Waals surface area (Å²) in [5.74, 6) is 1.60. The van der Waals surface area contributed by atoms with E-state index in [4.69, 9.17) is 5.10 Å². The molecule has 0 spiro atoms. The number of aliphatic imine (C=N–C) groups is 1. The van der Waals surface area contributed by atoms with Gasteiger partial charge in [-0.1, -0.05) is 32.0 Å². The number of guanidine groups is 1. The minimum absolute atomic E-state index is 0.306. The van der Waals surface area contributed by atoms with E-state index in [0.717, 1.165) is 63.5 Å². The first-order chi connectivity index (χ1) is 15.6. The predicted octanol–water partition coefficient (Wildman–Crippen LogP) is 3.24. The molecule has 1 N–H and O–H groups in total. The SMILES string of the molecule is CCc1nn(C)c(CC)c1CNC(=NC)N1CC(CCN2CCCC2=O)c2ccccc21. The summed E-state index contributed by atoms with van der Waals surface area (Å²) in [6, 6.07) is 8.62. The molecule has 1 amide bonds. The molecule has 1 aromatic carbocycles. The topological polar surface area (TPSA) is 65.8 Å². The van der Waals surface area contributed by atoms with Gasteiger partial charge in [0.15, 0.2) is 5.96 Å². The van der Waals surface area contributed by atoms with E-state index in [1.165, 1.54) is 22.5 Å². The number of rotatable bonds is 7. The molecule has 0 bridgehead atoms. The molecule has 0 radical (unpaired) electrons. The minimum atomic E-state index is 0.306. The quantitative estimate of drug-likeness (QED) is 0.535. The van der Waals surface area contributed by atoms with Gasteiger partial charge in [0.2, 0.25) is 5.91 Å². The van der Waals surface area contributed by atoms with Gasteiger partial charge in [-0.3, -0.25) is 14.5 Å². The molecule has 0 saturated carbocycles. The van der Waals surface area contributed by atoms with Gasteiger partial charge in [-0.2, -0.15) is 5.10 Å². The summed E-state index contributed by atoms with van der Waals surface area (Å²) in [6.45, 7) is 7.69. The fraction of sp³-hybridized carbons (Fsp3) is 0.560. The molecule has 32 heavy (non-hydrogen) atoms. The van der Waals surface area contributed by atoms with E-state index in [0.29, 0.717) is 18.2 Å². The molecular formula is C25H36N6O. The van der Waals surface area contributed by atoms with Gasteiger partial charge < -0.3 is 15.1 Å². The van der Waals surface area contributed by atoms with Crippen molar-refractivity contribution in [2.75, 3.05) is 31.6 Å². The van der Waals surface area contributed by atoms with Gasteiger partial charge in [0.25, 0.3) is 0 Å². The van der Waals surface area contributed by atoms with Crippen molar-refractivity contribution >= 4 is 17.6 Å². The number of benzene rings is 1. The van der Waals surface area contributed by atoms with Crippen LogP contribution in [-0.2, 0) is 31.2 Å². The molecular weight excluding hydrogens is 400 g/mol. The number of para-hydroxylation sites is 1. The highest BCUT2D eigenvalue weighted by Crippen LogP contribution is 2.38. The second-order valence-corrected chi connectivity index (χ2v) is 8.74. The summed E-state index contributed by atoms with van der Waals surface area (Å²) >= 11 is 0. The van der Waals surface area contributed by atoms with E-state index in [1.807, 2.05) is 23.7 Å². The Hall–Kier alpha value is -2.83. The molecule has 1 unspecified atom stereocenters. The summed E-state index contributed by atoms with van der Waals surface area (Å²) in [7, 11) is 3.88. The van der Waals surface area contributed by atoms with Crippen LogP contribution < -0.4 is 10.2 Å². The minimum Gasteiger partial charge on any atom is -0.352 e. The van der Waals surface area contributed by atoms with Gasteiger partial charge in [-0.05, 0) is 37.3 Å². The maximum Gasteiger partial charge on any atom is 0.222 e. The van der Waals surface area contributed by atoms with Gasteiger partial charge >= 0.3 is 0 Å². The highest BCUT2D eigenvalue weighted by atomic mass is 16.2. The molecule has 2 aliphatic rings. The number of anilines is 1. The summed E-state index contributed by atoms with van der Waals surface area (Å²) in [5.41, 5.74) is 6.29. The second kappa shape index (κ2) is 9.76. The Labute approximate surface area is 191 Å². The number of nitrogens with zero attached hydrogens (tertiary/aromatic N) is 5. The highest BCUT2D eigenvalue weighted by molar-refractivity contribution is 5.98. The summed E-state index contributed by atoms with van der Waals surface area (Å²) in [6.07, 6.45) is 4.57. The Bertz CT molecular complexity index is 994. The summed E-state index contributed by atoms with van der Waals surface area (Å²) < 4.78 is 2.01. The van der Waals surface area contributed by atoms with Gasteiger partial charge in [0.1, 0.15) is 0 Å². The first-order valence-electron chi connectivity index (χ1n) is 12.0. The maximum atomic E-state index is 12.0. The van der Waals surface area contributed by atoms with Crippen LogP contribution in [0.25, 0.3) is 0 Å². The lowest BCUT2D eigenvalue weighted by atomic mass is 9.98. The van der Waals surface area contributed by atoms with E-state index in [1.54, 1.807) is 0 Å². The number of aromatic nitrogens is 2. The molecule has 1 aromatic heterocycles. The Morgan fingerprint density at radius 1 is 1.25 bits per heavy atom. The Kier molecular flexibility index (Phi) is 6.82. The number of fused-ring (bicyclic) bond motifs is 1. The third-order valence-corrected chi connectivity index (χ3v) is 6.91. The van der Waals surface area contributed by atoms with E-state index >= 15 is 0 Å². The van der Waals surface area contributed by atoms with Crippen LogP contribution in [0.2, 0.25) is 0 Å². The van der Waals surface area contributed by atoms with Gasteiger partial charge in [0, 0.05) is 69.6 Å². The molecule has 4 rings (SSSR count). The largest absolute Gasteiger partial charge is 0.352 e. The van der Waals surface area contributed by atoms with Crippen molar-refractivity contribution in [1.82, 2.24) is 20.0 Å². The molecule has 0 aliphatic carbocycles. The van der Waals surface area contributed by atoms with Crippen LogP contribution in [0.1, 0.15) is 61.5 Å². The van der Waals surface area contributed by atoms with Crippen LogP contribution in [0, 0.1) is 0 Å². The third kappa shape index (κ3) is 4.25. The average Bonchev–Trinajstić information content (AvgIpc) is 3.48. The summed E-state index contributed by atoms with van der Waals surface area (Å²) in [4.78, 5) is 21.0. The second-order valence-electron chi connectivity index (χ2n) is 8.74. The van der Waals surface area contributed by atoms with Crippen molar-refractivity contribution in [2.45, 2.75) is 58.4 Å². The molecule has 1 atom stereocenters. The number of aryl methyl sites for hydroxylation is 2. The van der Waals surface area contributed by atoms with E-state index in [-0.39, 0.29) is 0 Å². The predicted molar refractivity (Wildman–Crippen MR) is 129 cm³/mol. The van der Waals surface area contributed by atoms with Crippen molar-refractivity contribution < 1.29 is 4.79 Å². The fourth-order valence-corrected chi connectivity index (χ4v) is 5.25. The van der Waals surface area contributed by atoms with Gasteiger partial charge in [0.05, 0.1) is 5.69 Å². The standard InChI is InChI=1S/C25H36N6O/c1-5-21-20(22(6-2)29(4)28-21)16-27-25(26-3)31-17-18(19-10-7-8-11-23(19)31)13-15-30-14-9-12-24(30)32/h7-8,10-11,18H,5-6,9,12-17H2,1-4H3,(H,26,27). The Balaban J connectivity index is 1.49. The molecule has 172 valence electrons. The van der Waals surface area contributed by atoms with Crippen LogP contribution >= 0.6 is 0 Å². The van der Waals surface area contributed by atoms with E-state index < -0.39 is 0 Å². The lowest BCUT2D eigenvalue weighted by Gasteiger charge is -2.23. The number of nitrogens with one attached hydrogen (secondary N) is 1. The first kappa shape index (κ1) is 22.4. The van der Waals surface area contributed by atoms with Crippen molar-refractivity contribution in [1.29, 1.82) is 0 Å². The lowest BCUT2D eigenvalue weighted by molar-refractivity contribution is -0.127. The zero-order valence-corrected chi connectivity index (χ0v) is 19.9. The van der Waals surface area contributed by atoms with Crippen molar-refractivity contribution in [2.24, 2.45) is 12.0 Å². The molecule has 2 aliphatic heterocycles.